The summed E-state index contributed by atoms with van der Waals surface area (Å²) < 4.78 is 24.3. The number of rotatable bonds is 8. The maximum absolute atomic E-state index is 12.0. The van der Waals surface area contributed by atoms with Crippen LogP contribution in [0.15, 0.2) is 0 Å². The Balaban J connectivity index is 4.01. The summed E-state index contributed by atoms with van der Waals surface area (Å²) in [6, 6.07) is 0. The van der Waals surface area contributed by atoms with E-state index < -0.39 is 6.80 Å². The SMILES string of the molecule is CC=[N+](C)CCSP(=O)(OCC)OCC. The van der Waals surface area contributed by atoms with Crippen molar-refractivity contribution in [3.8, 4) is 0 Å². The van der Waals surface area contributed by atoms with E-state index in [1.54, 1.807) is 0 Å². The van der Waals surface area contributed by atoms with Crippen LogP contribution in [0.1, 0.15) is 20.8 Å². The largest absolute Gasteiger partial charge is 0.389 e. The average Bonchev–Trinajstić information content (AvgIpc) is 2.18. The fourth-order valence-corrected chi connectivity index (χ4v) is 4.30. The summed E-state index contributed by atoms with van der Waals surface area (Å²) >= 11 is 1.27. The molecule has 0 saturated heterocycles. The lowest BCUT2D eigenvalue weighted by atomic mass is 10.7. The Bertz CT molecular complexity index is 236. The first-order valence-corrected chi connectivity index (χ1v) is 8.24. The van der Waals surface area contributed by atoms with Gasteiger partial charge in [0.1, 0.15) is 13.3 Å². The van der Waals surface area contributed by atoms with Crippen LogP contribution in [0.5, 0.6) is 0 Å². The van der Waals surface area contributed by atoms with Crippen LogP contribution in [0.4, 0.5) is 0 Å². The molecule has 0 unspecified atom stereocenters. The Hall–Kier alpha value is 0.170. The van der Waals surface area contributed by atoms with Crippen LogP contribution < -0.4 is 0 Å². The third-order valence-corrected chi connectivity index (χ3v) is 5.67. The highest BCUT2D eigenvalue weighted by molar-refractivity contribution is 8.55. The summed E-state index contributed by atoms with van der Waals surface area (Å²) in [5.41, 5.74) is 0. The smallest absolute Gasteiger partial charge is 0.301 e. The van der Waals surface area contributed by atoms with E-state index in [-0.39, 0.29) is 0 Å². The predicted molar refractivity (Wildman–Crippen MR) is 66.1 cm³/mol. The second-order valence-corrected chi connectivity index (χ2v) is 7.05. The molecule has 0 aromatic carbocycles. The molecule has 0 saturated carbocycles. The van der Waals surface area contributed by atoms with E-state index in [4.69, 9.17) is 9.05 Å². The van der Waals surface area contributed by atoms with Gasteiger partial charge < -0.3 is 9.05 Å². The van der Waals surface area contributed by atoms with Gasteiger partial charge in [0.05, 0.1) is 19.0 Å². The van der Waals surface area contributed by atoms with Crippen LogP contribution in [0, 0.1) is 0 Å². The lowest BCUT2D eigenvalue weighted by Gasteiger charge is -2.14. The first-order valence-electron chi connectivity index (χ1n) is 5.11. The molecule has 0 amide bonds. The molecule has 0 spiro atoms. The Morgan fingerprint density at radius 2 is 1.87 bits per heavy atom. The maximum Gasteiger partial charge on any atom is 0.389 e. The molecule has 0 N–H and O–H groups in total. The van der Waals surface area contributed by atoms with Crippen LogP contribution >= 0.6 is 18.2 Å². The highest BCUT2D eigenvalue weighted by Gasteiger charge is 2.24. The molecule has 0 fully saturated rings. The molecule has 0 rings (SSSR count). The zero-order chi connectivity index (χ0) is 11.7. The van der Waals surface area contributed by atoms with Crippen LogP contribution in [0.25, 0.3) is 0 Å². The molecule has 0 atom stereocenters. The lowest BCUT2D eigenvalue weighted by Crippen LogP contribution is -2.09. The maximum atomic E-state index is 12.0. The van der Waals surface area contributed by atoms with Gasteiger partial charge in [0.2, 0.25) is 0 Å². The first kappa shape index (κ1) is 15.2. The van der Waals surface area contributed by atoms with Gasteiger partial charge >= 0.3 is 6.80 Å². The Morgan fingerprint density at radius 1 is 1.33 bits per heavy atom. The average molecular weight is 254 g/mol. The molecule has 6 heteroatoms. The fraction of sp³-hybridized carbons (Fsp3) is 0.889. The van der Waals surface area contributed by atoms with E-state index in [1.165, 1.54) is 11.4 Å². The monoisotopic (exact) mass is 254 g/mol. The van der Waals surface area contributed by atoms with Gasteiger partial charge in [0.25, 0.3) is 0 Å². The summed E-state index contributed by atoms with van der Waals surface area (Å²) in [4.78, 5) is 0. The quantitative estimate of drug-likeness (QED) is 0.379. The van der Waals surface area contributed by atoms with Crippen molar-refractivity contribution in [2.45, 2.75) is 20.8 Å². The van der Waals surface area contributed by atoms with Crippen molar-refractivity contribution >= 4 is 24.4 Å². The van der Waals surface area contributed by atoms with Crippen molar-refractivity contribution < 1.29 is 18.2 Å². The van der Waals surface area contributed by atoms with Crippen LogP contribution in [-0.2, 0) is 13.6 Å². The lowest BCUT2D eigenvalue weighted by molar-refractivity contribution is -0.487. The van der Waals surface area contributed by atoms with Crippen molar-refractivity contribution in [1.82, 2.24) is 0 Å². The first-order chi connectivity index (χ1) is 7.08. The van der Waals surface area contributed by atoms with Gasteiger partial charge in [-0.2, -0.15) is 0 Å². The Labute approximate surface area is 96.3 Å². The summed E-state index contributed by atoms with van der Waals surface area (Å²) in [7, 11) is 1.98. The van der Waals surface area contributed by atoms with E-state index in [0.717, 1.165) is 12.3 Å². The van der Waals surface area contributed by atoms with Crippen LogP contribution in [0.2, 0.25) is 0 Å². The highest BCUT2D eigenvalue weighted by atomic mass is 32.7. The van der Waals surface area contributed by atoms with Crippen LogP contribution in [-0.4, -0.2) is 43.3 Å². The van der Waals surface area contributed by atoms with Gasteiger partial charge in [0, 0.05) is 6.92 Å². The molecular formula is C9H21NO3PS+. The number of hydrogen-bond donors (Lipinski definition) is 0. The number of nitrogens with zero attached hydrogens (tertiary/aromatic N) is 1. The molecule has 15 heavy (non-hydrogen) atoms. The van der Waals surface area contributed by atoms with Gasteiger partial charge in [-0.1, -0.05) is 0 Å². The summed E-state index contributed by atoms with van der Waals surface area (Å²) in [5, 5.41) is 0. The molecule has 0 radical (unpaired) electrons. The minimum atomic E-state index is -2.91. The second kappa shape index (κ2) is 8.34. The van der Waals surface area contributed by atoms with Gasteiger partial charge in [0.15, 0.2) is 6.54 Å². The third-order valence-electron chi connectivity index (χ3n) is 1.71. The Kier molecular flexibility index (Phi) is 8.43. The molecular weight excluding hydrogens is 233 g/mol. The molecule has 4 nitrogen and oxygen atoms in total. The molecule has 0 aromatic heterocycles. The molecule has 0 aromatic rings. The van der Waals surface area contributed by atoms with Crippen molar-refractivity contribution in [3.05, 3.63) is 0 Å². The zero-order valence-electron chi connectivity index (χ0n) is 9.93. The van der Waals surface area contributed by atoms with Crippen molar-refractivity contribution in [3.63, 3.8) is 0 Å². The Morgan fingerprint density at radius 3 is 2.27 bits per heavy atom. The van der Waals surface area contributed by atoms with Crippen molar-refractivity contribution in [1.29, 1.82) is 0 Å². The molecule has 0 bridgehead atoms. The highest BCUT2D eigenvalue weighted by Crippen LogP contribution is 2.60. The van der Waals surface area contributed by atoms with E-state index >= 15 is 0 Å². The standard InChI is InChI=1S/C9H21NO3PS/c1-5-10(4)8-9-15-14(11,12-6-2)13-7-3/h5H,6-9H2,1-4H3/q+1. The molecule has 0 aliphatic rings. The molecule has 0 aliphatic heterocycles. The topological polar surface area (TPSA) is 38.5 Å². The fourth-order valence-electron chi connectivity index (χ4n) is 0.854. The van der Waals surface area contributed by atoms with E-state index in [1.807, 2.05) is 38.6 Å². The third kappa shape index (κ3) is 7.12. The second-order valence-electron chi connectivity index (χ2n) is 2.85. The van der Waals surface area contributed by atoms with Gasteiger partial charge in [-0.25, -0.2) is 9.14 Å². The van der Waals surface area contributed by atoms with E-state index in [0.29, 0.717) is 13.2 Å². The minimum Gasteiger partial charge on any atom is -0.301 e. The normalized spacial score (nSPS) is 13.2. The molecule has 90 valence electrons. The summed E-state index contributed by atoms with van der Waals surface area (Å²) in [5.74, 6) is 0.734. The van der Waals surface area contributed by atoms with Crippen LogP contribution in [0.3, 0.4) is 0 Å². The minimum absolute atomic E-state index is 0.417. The summed E-state index contributed by atoms with van der Waals surface area (Å²) in [6.07, 6.45) is 1.98. The van der Waals surface area contributed by atoms with Crippen molar-refractivity contribution in [2.24, 2.45) is 0 Å². The van der Waals surface area contributed by atoms with Gasteiger partial charge in [-0.15, -0.1) is 0 Å². The van der Waals surface area contributed by atoms with Crippen molar-refractivity contribution in [2.75, 3.05) is 32.6 Å². The van der Waals surface area contributed by atoms with E-state index in [2.05, 4.69) is 0 Å². The number of hydrogen-bond acceptors (Lipinski definition) is 4. The van der Waals surface area contributed by atoms with Gasteiger partial charge in [-0.05, 0) is 25.2 Å². The summed E-state index contributed by atoms with van der Waals surface area (Å²) in [6.45, 7) is 4.36. The van der Waals surface area contributed by atoms with E-state index in [9.17, 15) is 4.57 Å². The molecule has 0 aliphatic carbocycles. The molecule has 0 heterocycles. The predicted octanol–water partition coefficient (Wildman–Crippen LogP) is 2.63. The van der Waals surface area contributed by atoms with Gasteiger partial charge in [-0.3, -0.25) is 0 Å². The zero-order valence-corrected chi connectivity index (χ0v) is 11.6.